The van der Waals surface area contributed by atoms with Gasteiger partial charge in [0.2, 0.25) is 5.91 Å². The van der Waals surface area contributed by atoms with Crippen molar-refractivity contribution in [2.24, 2.45) is 0 Å². The van der Waals surface area contributed by atoms with E-state index in [4.69, 9.17) is 16.6 Å². The number of nitrogens with one attached hydrogen (secondary N) is 1. The highest BCUT2D eigenvalue weighted by molar-refractivity contribution is 8.26. The highest BCUT2D eigenvalue weighted by atomic mass is 32.2. The van der Waals surface area contributed by atoms with Crippen LogP contribution in [0.2, 0.25) is 0 Å². The number of furan rings is 1. The largest absolute Gasteiger partial charge is 0.465 e. The molecule has 2 N–H and O–H groups in total. The molecule has 8 heteroatoms. The number of carbonyl (C=O) groups excluding carboxylic acids is 2. The molecule has 3 rings (SSSR count). The van der Waals surface area contributed by atoms with Crippen LogP contribution in [-0.4, -0.2) is 44.8 Å². The number of nitrogens with zero attached hydrogens (tertiary/aromatic N) is 1. The highest BCUT2D eigenvalue weighted by Gasteiger charge is 2.38. The Kier molecular flexibility index (Phi) is 6.66. The minimum Gasteiger partial charge on any atom is -0.465 e. The van der Waals surface area contributed by atoms with Gasteiger partial charge in [-0.1, -0.05) is 54.3 Å². The molecule has 146 valence electrons. The molecule has 2 heterocycles. The number of aliphatic hydroxyl groups is 1. The molecule has 0 saturated carbocycles. The Morgan fingerprint density at radius 2 is 2.07 bits per heavy atom. The topological polar surface area (TPSA) is 82.8 Å². The van der Waals surface area contributed by atoms with E-state index in [9.17, 15) is 14.7 Å². The Bertz CT molecular complexity index is 881. The third-order valence-electron chi connectivity index (χ3n) is 4.30. The molecule has 0 radical (unpaired) electrons. The lowest BCUT2D eigenvalue weighted by molar-refractivity contribution is -0.132. The van der Waals surface area contributed by atoms with Gasteiger partial charge in [0.1, 0.15) is 16.1 Å². The zero-order valence-corrected chi connectivity index (χ0v) is 16.8. The minimum atomic E-state index is -0.792. The van der Waals surface area contributed by atoms with Crippen molar-refractivity contribution in [1.29, 1.82) is 0 Å². The van der Waals surface area contributed by atoms with Crippen LogP contribution in [0.1, 0.15) is 18.2 Å². The van der Waals surface area contributed by atoms with E-state index in [0.29, 0.717) is 21.4 Å². The summed E-state index contributed by atoms with van der Waals surface area (Å²) in [5.41, 5.74) is 1.00. The fourth-order valence-corrected chi connectivity index (χ4v) is 4.21. The normalized spacial score (nSPS) is 17.8. The molecule has 0 spiro atoms. The van der Waals surface area contributed by atoms with Crippen LogP contribution in [0, 0.1) is 0 Å². The standard InChI is InChI=1S/C20H20N2O4S2/c1-13(18(24)21-15(12-23)10-14-6-3-2-4-7-14)22-19(25)17(28-20(22)27)11-16-8-5-9-26-16/h2-9,11,13,15,23H,10,12H2,1H3,(H,21,24)/b17-11-/t13?,15-/m1/s1. The quantitative estimate of drug-likeness (QED) is 0.533. The van der Waals surface area contributed by atoms with Crippen molar-refractivity contribution in [2.75, 3.05) is 6.61 Å². The van der Waals surface area contributed by atoms with Crippen LogP contribution in [0.4, 0.5) is 0 Å². The zero-order chi connectivity index (χ0) is 20.1. The molecule has 6 nitrogen and oxygen atoms in total. The van der Waals surface area contributed by atoms with Gasteiger partial charge in [0, 0.05) is 6.08 Å². The SMILES string of the molecule is CC(C(=O)N[C@@H](CO)Cc1ccccc1)N1C(=O)/C(=C/c2ccco2)SC1=S. The minimum absolute atomic E-state index is 0.204. The van der Waals surface area contributed by atoms with Gasteiger partial charge in [-0.3, -0.25) is 14.5 Å². The van der Waals surface area contributed by atoms with Crippen LogP contribution in [0.5, 0.6) is 0 Å². The number of rotatable bonds is 7. The van der Waals surface area contributed by atoms with E-state index in [1.54, 1.807) is 25.1 Å². The number of hydrogen-bond acceptors (Lipinski definition) is 6. The number of carbonyl (C=O) groups is 2. The molecule has 2 aromatic rings. The van der Waals surface area contributed by atoms with E-state index in [1.165, 1.54) is 11.2 Å². The van der Waals surface area contributed by atoms with Gasteiger partial charge in [-0.2, -0.15) is 0 Å². The first kappa shape index (κ1) is 20.3. The molecule has 0 bridgehead atoms. The average molecular weight is 417 g/mol. The van der Waals surface area contributed by atoms with Gasteiger partial charge in [0.05, 0.1) is 23.8 Å². The van der Waals surface area contributed by atoms with Crippen molar-refractivity contribution in [2.45, 2.75) is 25.4 Å². The Labute approximate surface area is 172 Å². The van der Waals surface area contributed by atoms with Gasteiger partial charge in [-0.15, -0.1) is 0 Å². The second-order valence-corrected chi connectivity index (χ2v) is 8.00. The lowest BCUT2D eigenvalue weighted by atomic mass is 10.1. The number of benzene rings is 1. The fraction of sp³-hybridized carbons (Fsp3) is 0.250. The van der Waals surface area contributed by atoms with E-state index < -0.39 is 12.1 Å². The Balaban J connectivity index is 1.66. The number of thiocarbonyl (C=S) groups is 1. The van der Waals surface area contributed by atoms with Crippen molar-refractivity contribution < 1.29 is 19.1 Å². The first-order valence-corrected chi connectivity index (χ1v) is 9.97. The smallest absolute Gasteiger partial charge is 0.267 e. The third kappa shape index (κ3) is 4.70. The predicted octanol–water partition coefficient (Wildman–Crippen LogP) is 2.59. The summed E-state index contributed by atoms with van der Waals surface area (Å²) >= 11 is 6.43. The molecular formula is C20H20N2O4S2. The second kappa shape index (κ2) is 9.18. The second-order valence-electron chi connectivity index (χ2n) is 6.32. The summed E-state index contributed by atoms with van der Waals surface area (Å²) in [6.07, 6.45) is 3.62. The van der Waals surface area contributed by atoms with Gasteiger partial charge in [-0.25, -0.2) is 0 Å². The van der Waals surface area contributed by atoms with Gasteiger partial charge in [0.25, 0.3) is 5.91 Å². The van der Waals surface area contributed by atoms with E-state index in [-0.39, 0.29) is 18.4 Å². The fourth-order valence-electron chi connectivity index (χ4n) is 2.82. The molecule has 1 fully saturated rings. The first-order valence-electron chi connectivity index (χ1n) is 8.75. The number of amides is 2. The predicted molar refractivity (Wildman–Crippen MR) is 112 cm³/mol. The van der Waals surface area contributed by atoms with Crippen LogP contribution < -0.4 is 5.32 Å². The molecular weight excluding hydrogens is 396 g/mol. The van der Waals surface area contributed by atoms with E-state index >= 15 is 0 Å². The summed E-state index contributed by atoms with van der Waals surface area (Å²) in [5, 5.41) is 12.4. The third-order valence-corrected chi connectivity index (χ3v) is 5.63. The molecule has 2 atom stereocenters. The maximum atomic E-state index is 12.7. The Hall–Kier alpha value is -2.42. The molecule has 1 unspecified atom stereocenters. The van der Waals surface area contributed by atoms with Crippen LogP contribution in [0.25, 0.3) is 6.08 Å². The summed E-state index contributed by atoms with van der Waals surface area (Å²) in [7, 11) is 0. The average Bonchev–Trinajstić information content (AvgIpc) is 3.29. The first-order chi connectivity index (χ1) is 13.5. The summed E-state index contributed by atoms with van der Waals surface area (Å²) in [5.74, 6) is -0.163. The maximum absolute atomic E-state index is 12.7. The molecule has 1 aromatic carbocycles. The Morgan fingerprint density at radius 3 is 2.71 bits per heavy atom. The molecule has 2 amide bonds. The van der Waals surface area contributed by atoms with Gasteiger partial charge < -0.3 is 14.8 Å². The van der Waals surface area contributed by atoms with Crippen LogP contribution >= 0.6 is 24.0 Å². The Morgan fingerprint density at radius 1 is 1.32 bits per heavy atom. The molecule has 1 aliphatic heterocycles. The zero-order valence-electron chi connectivity index (χ0n) is 15.2. The van der Waals surface area contributed by atoms with E-state index in [2.05, 4.69) is 5.32 Å². The molecule has 1 aliphatic rings. The lowest BCUT2D eigenvalue weighted by Crippen LogP contribution is -2.51. The van der Waals surface area contributed by atoms with Crippen LogP contribution in [0.3, 0.4) is 0 Å². The van der Waals surface area contributed by atoms with Crippen molar-refractivity contribution in [1.82, 2.24) is 10.2 Å². The summed E-state index contributed by atoms with van der Waals surface area (Å²) < 4.78 is 5.55. The number of aliphatic hydroxyl groups excluding tert-OH is 1. The van der Waals surface area contributed by atoms with Crippen LogP contribution in [0.15, 0.2) is 58.1 Å². The van der Waals surface area contributed by atoms with Crippen molar-refractivity contribution in [3.05, 3.63) is 65.0 Å². The van der Waals surface area contributed by atoms with E-state index in [0.717, 1.165) is 17.3 Å². The maximum Gasteiger partial charge on any atom is 0.267 e. The van der Waals surface area contributed by atoms with E-state index in [1.807, 2.05) is 30.3 Å². The summed E-state index contributed by atoms with van der Waals surface area (Å²) in [6.45, 7) is 1.41. The molecule has 1 saturated heterocycles. The van der Waals surface area contributed by atoms with Crippen molar-refractivity contribution >= 4 is 46.2 Å². The number of hydrogen-bond donors (Lipinski definition) is 2. The van der Waals surface area contributed by atoms with Gasteiger partial charge in [-0.05, 0) is 31.0 Å². The summed E-state index contributed by atoms with van der Waals surface area (Å²) in [4.78, 5) is 27.1. The molecule has 28 heavy (non-hydrogen) atoms. The monoisotopic (exact) mass is 416 g/mol. The van der Waals surface area contributed by atoms with Gasteiger partial charge >= 0.3 is 0 Å². The van der Waals surface area contributed by atoms with Gasteiger partial charge in [0.15, 0.2) is 0 Å². The molecule has 1 aromatic heterocycles. The lowest BCUT2D eigenvalue weighted by Gasteiger charge is -2.25. The number of thioether (sulfide) groups is 1. The van der Waals surface area contributed by atoms with Crippen molar-refractivity contribution in [3.8, 4) is 0 Å². The highest BCUT2D eigenvalue weighted by Crippen LogP contribution is 2.34. The molecule has 0 aliphatic carbocycles. The summed E-state index contributed by atoms with van der Waals surface area (Å²) in [6, 6.07) is 11.8. The van der Waals surface area contributed by atoms with Crippen LogP contribution in [-0.2, 0) is 16.0 Å². The van der Waals surface area contributed by atoms with Crippen molar-refractivity contribution in [3.63, 3.8) is 0 Å².